The zero-order valence-electron chi connectivity index (χ0n) is 11.7. The Morgan fingerprint density at radius 3 is 2.41 bits per heavy atom. The standard InChI is InChI=1S/C16H16ClNO4/c17-10-3-1-9(2-4-10)7-8-18-15(19)13-11-5-6-12(22-11)14(13)16(20)21/h1-6,11-14H,7-8H2,(H,18,19)(H,20,21)/p-1/t11-,12+,13-,14-/m0/s1. The number of hydrogen-bond donors (Lipinski definition) is 1. The van der Waals surface area contributed by atoms with E-state index in [1.807, 2.05) is 12.1 Å². The quantitative estimate of drug-likeness (QED) is 0.792. The third-order valence-corrected chi connectivity index (χ3v) is 4.35. The third-order valence-electron chi connectivity index (χ3n) is 4.10. The molecule has 1 amide bonds. The van der Waals surface area contributed by atoms with E-state index >= 15 is 0 Å². The van der Waals surface area contributed by atoms with Crippen LogP contribution in [0.1, 0.15) is 5.56 Å². The molecule has 116 valence electrons. The van der Waals surface area contributed by atoms with Gasteiger partial charge in [0.1, 0.15) is 0 Å². The molecular weight excluding hydrogens is 306 g/mol. The summed E-state index contributed by atoms with van der Waals surface area (Å²) >= 11 is 5.81. The van der Waals surface area contributed by atoms with Crippen molar-refractivity contribution in [2.24, 2.45) is 11.8 Å². The van der Waals surface area contributed by atoms with E-state index in [1.54, 1.807) is 24.3 Å². The molecule has 2 aliphatic heterocycles. The molecule has 1 aromatic carbocycles. The van der Waals surface area contributed by atoms with Gasteiger partial charge in [-0.3, -0.25) is 4.79 Å². The molecule has 2 bridgehead atoms. The van der Waals surface area contributed by atoms with Crippen molar-refractivity contribution in [2.45, 2.75) is 18.6 Å². The Kier molecular flexibility index (Phi) is 4.18. The highest BCUT2D eigenvalue weighted by Gasteiger charge is 2.50. The minimum atomic E-state index is -1.24. The number of halogens is 1. The number of fused-ring (bicyclic) bond motifs is 2. The second-order valence-corrected chi connectivity index (χ2v) is 5.92. The molecule has 1 saturated heterocycles. The highest BCUT2D eigenvalue weighted by atomic mass is 35.5. The zero-order chi connectivity index (χ0) is 15.7. The van der Waals surface area contributed by atoms with Gasteiger partial charge in [-0.05, 0) is 24.1 Å². The Hall–Kier alpha value is -1.85. The number of benzene rings is 1. The van der Waals surface area contributed by atoms with Crippen molar-refractivity contribution in [1.29, 1.82) is 0 Å². The molecule has 2 aliphatic rings. The van der Waals surface area contributed by atoms with Crippen LogP contribution in [0.3, 0.4) is 0 Å². The molecule has 5 nitrogen and oxygen atoms in total. The Bertz CT molecular complexity index is 613. The molecule has 4 atom stereocenters. The summed E-state index contributed by atoms with van der Waals surface area (Å²) in [6.45, 7) is 0.428. The Morgan fingerprint density at radius 1 is 1.14 bits per heavy atom. The van der Waals surface area contributed by atoms with Gasteiger partial charge < -0.3 is 20.0 Å². The van der Waals surface area contributed by atoms with Gasteiger partial charge in [0.25, 0.3) is 0 Å². The maximum Gasteiger partial charge on any atom is 0.226 e. The average Bonchev–Trinajstić information content (AvgIpc) is 3.09. The average molecular weight is 321 g/mol. The molecule has 6 heteroatoms. The van der Waals surface area contributed by atoms with E-state index in [9.17, 15) is 14.7 Å². The normalized spacial score (nSPS) is 28.8. The number of nitrogens with one attached hydrogen (secondary N) is 1. The number of hydrogen-bond acceptors (Lipinski definition) is 4. The molecule has 1 aromatic rings. The molecule has 0 unspecified atom stereocenters. The molecule has 2 heterocycles. The number of amides is 1. The first-order valence-corrected chi connectivity index (χ1v) is 7.51. The van der Waals surface area contributed by atoms with Crippen molar-refractivity contribution in [3.8, 4) is 0 Å². The lowest BCUT2D eigenvalue weighted by Gasteiger charge is -2.24. The number of carboxylic acids is 1. The van der Waals surface area contributed by atoms with Gasteiger partial charge in [-0.15, -0.1) is 0 Å². The van der Waals surface area contributed by atoms with Crippen LogP contribution >= 0.6 is 11.6 Å². The van der Waals surface area contributed by atoms with Crippen molar-refractivity contribution in [3.05, 3.63) is 47.0 Å². The van der Waals surface area contributed by atoms with Gasteiger partial charge in [-0.25, -0.2) is 0 Å². The van der Waals surface area contributed by atoms with Crippen LogP contribution in [-0.2, 0) is 20.7 Å². The first-order valence-electron chi connectivity index (χ1n) is 7.13. The summed E-state index contributed by atoms with van der Waals surface area (Å²) in [6, 6.07) is 7.36. The van der Waals surface area contributed by atoms with E-state index in [-0.39, 0.29) is 5.91 Å². The zero-order valence-corrected chi connectivity index (χ0v) is 12.5. The maximum absolute atomic E-state index is 12.3. The van der Waals surface area contributed by atoms with Gasteiger partial charge in [-0.1, -0.05) is 35.9 Å². The maximum atomic E-state index is 12.3. The van der Waals surface area contributed by atoms with E-state index in [2.05, 4.69) is 5.32 Å². The van der Waals surface area contributed by atoms with E-state index in [0.29, 0.717) is 18.0 Å². The van der Waals surface area contributed by atoms with Gasteiger partial charge in [0.05, 0.1) is 18.1 Å². The lowest BCUT2D eigenvalue weighted by Crippen LogP contribution is -2.47. The summed E-state index contributed by atoms with van der Waals surface area (Å²) in [7, 11) is 0. The minimum Gasteiger partial charge on any atom is -0.550 e. The van der Waals surface area contributed by atoms with Crippen molar-refractivity contribution in [1.82, 2.24) is 5.32 Å². The summed E-state index contributed by atoms with van der Waals surface area (Å²) in [4.78, 5) is 23.5. The number of ether oxygens (including phenoxy) is 1. The molecule has 0 saturated carbocycles. The molecule has 0 spiro atoms. The van der Waals surface area contributed by atoms with Crippen LogP contribution in [0.5, 0.6) is 0 Å². The van der Waals surface area contributed by atoms with Crippen LogP contribution in [0.4, 0.5) is 0 Å². The fourth-order valence-electron chi connectivity index (χ4n) is 3.00. The predicted molar refractivity (Wildman–Crippen MR) is 78.0 cm³/mol. The van der Waals surface area contributed by atoms with Crippen LogP contribution in [0.25, 0.3) is 0 Å². The fraction of sp³-hybridized carbons (Fsp3) is 0.375. The van der Waals surface area contributed by atoms with Crippen LogP contribution in [0, 0.1) is 11.8 Å². The largest absolute Gasteiger partial charge is 0.550 e. The van der Waals surface area contributed by atoms with Gasteiger partial charge in [0, 0.05) is 23.5 Å². The summed E-state index contributed by atoms with van der Waals surface area (Å²) in [5.41, 5.74) is 1.05. The Labute approximate surface area is 132 Å². The lowest BCUT2D eigenvalue weighted by atomic mass is 9.82. The molecule has 3 rings (SSSR count). The Morgan fingerprint density at radius 2 is 1.77 bits per heavy atom. The second kappa shape index (κ2) is 6.10. The van der Waals surface area contributed by atoms with Crippen LogP contribution < -0.4 is 10.4 Å². The summed E-state index contributed by atoms with van der Waals surface area (Å²) in [5.74, 6) is -3.18. The summed E-state index contributed by atoms with van der Waals surface area (Å²) in [5, 5.41) is 14.7. The highest BCUT2D eigenvalue weighted by molar-refractivity contribution is 6.30. The van der Waals surface area contributed by atoms with E-state index < -0.39 is 30.0 Å². The number of aliphatic carboxylic acids is 1. The third kappa shape index (κ3) is 2.87. The van der Waals surface area contributed by atoms with E-state index in [4.69, 9.17) is 16.3 Å². The van der Waals surface area contributed by atoms with E-state index in [0.717, 1.165) is 5.56 Å². The van der Waals surface area contributed by atoms with Gasteiger partial charge >= 0.3 is 0 Å². The summed E-state index contributed by atoms with van der Waals surface area (Å²) in [6.07, 6.45) is 3.05. The van der Waals surface area contributed by atoms with Crippen molar-refractivity contribution in [2.75, 3.05) is 6.54 Å². The summed E-state index contributed by atoms with van der Waals surface area (Å²) < 4.78 is 5.45. The Balaban J connectivity index is 1.56. The molecule has 1 fully saturated rings. The number of carboxylic acid groups (broad SMARTS) is 1. The monoisotopic (exact) mass is 320 g/mol. The molecule has 22 heavy (non-hydrogen) atoms. The molecule has 0 radical (unpaired) electrons. The highest BCUT2D eigenvalue weighted by Crippen LogP contribution is 2.38. The van der Waals surface area contributed by atoms with Crippen molar-refractivity contribution >= 4 is 23.5 Å². The SMILES string of the molecule is O=C(NCCc1ccc(Cl)cc1)[C@@H]1[C@@H](C(=O)[O-])[C@H]2C=C[C@@H]1O2. The van der Waals surface area contributed by atoms with Crippen LogP contribution in [0.15, 0.2) is 36.4 Å². The van der Waals surface area contributed by atoms with E-state index in [1.165, 1.54) is 0 Å². The number of carbonyl (C=O) groups excluding carboxylic acids is 2. The topological polar surface area (TPSA) is 78.5 Å². The minimum absolute atomic E-state index is 0.306. The smallest absolute Gasteiger partial charge is 0.226 e. The molecular formula is C16H15ClNO4-. The van der Waals surface area contributed by atoms with Gasteiger partial charge in [0.2, 0.25) is 5.91 Å². The van der Waals surface area contributed by atoms with Crippen LogP contribution in [-0.4, -0.2) is 30.6 Å². The van der Waals surface area contributed by atoms with Crippen molar-refractivity contribution < 1.29 is 19.4 Å². The molecule has 0 aromatic heterocycles. The second-order valence-electron chi connectivity index (χ2n) is 5.49. The first-order chi connectivity index (χ1) is 10.6. The first kappa shape index (κ1) is 15.1. The van der Waals surface area contributed by atoms with Crippen molar-refractivity contribution in [3.63, 3.8) is 0 Å². The van der Waals surface area contributed by atoms with Crippen LogP contribution in [0.2, 0.25) is 5.02 Å². The predicted octanol–water partition coefficient (Wildman–Crippen LogP) is 0.318. The molecule has 1 N–H and O–H groups in total. The van der Waals surface area contributed by atoms with Gasteiger partial charge in [-0.2, -0.15) is 0 Å². The lowest BCUT2D eigenvalue weighted by molar-refractivity contribution is -0.313. The number of carbonyl (C=O) groups is 2. The fourth-order valence-corrected chi connectivity index (χ4v) is 3.13. The van der Waals surface area contributed by atoms with Gasteiger partial charge in [0.15, 0.2) is 0 Å². The molecule has 0 aliphatic carbocycles. The number of rotatable bonds is 5.